The topological polar surface area (TPSA) is 36.2 Å². The van der Waals surface area contributed by atoms with E-state index < -0.39 is 0 Å². The Morgan fingerprint density at radius 1 is 1.05 bits per heavy atom. The SMILES string of the molecule is CC(C)(C)C(=N)c1ccccc1N=C1CCCCC1. The molecule has 1 saturated carbocycles. The molecule has 0 spiro atoms. The predicted octanol–water partition coefficient (Wildman–Crippen LogP) is 5.14. The standard InChI is InChI=1S/C17H24N2/c1-17(2,3)16(18)14-11-7-8-12-15(14)19-13-9-5-4-6-10-13/h7-8,11-12,18H,4-6,9-10H2,1-3H3. The molecule has 102 valence electrons. The van der Waals surface area contributed by atoms with E-state index in [0.717, 1.165) is 24.1 Å². The monoisotopic (exact) mass is 256 g/mol. The fraction of sp³-hybridized carbons (Fsp3) is 0.529. The predicted molar refractivity (Wildman–Crippen MR) is 82.9 cm³/mol. The zero-order valence-corrected chi connectivity index (χ0v) is 12.3. The molecule has 1 aliphatic rings. The highest BCUT2D eigenvalue weighted by Gasteiger charge is 2.21. The average Bonchev–Trinajstić information content (AvgIpc) is 2.39. The third-order valence-electron chi connectivity index (χ3n) is 3.63. The van der Waals surface area contributed by atoms with E-state index in [9.17, 15) is 0 Å². The fourth-order valence-electron chi connectivity index (χ4n) is 2.43. The number of nitrogens with zero attached hydrogens (tertiary/aromatic N) is 1. The van der Waals surface area contributed by atoms with Gasteiger partial charge >= 0.3 is 0 Å². The summed E-state index contributed by atoms with van der Waals surface area (Å²) in [5.41, 5.74) is 3.79. The zero-order valence-electron chi connectivity index (χ0n) is 12.3. The van der Waals surface area contributed by atoms with E-state index in [1.54, 1.807) is 0 Å². The normalized spacial score (nSPS) is 16.3. The van der Waals surface area contributed by atoms with Crippen LogP contribution in [0.3, 0.4) is 0 Å². The molecular formula is C17H24N2. The lowest BCUT2D eigenvalue weighted by Gasteiger charge is -2.21. The van der Waals surface area contributed by atoms with Crippen LogP contribution in [0.4, 0.5) is 5.69 Å². The van der Waals surface area contributed by atoms with Gasteiger partial charge in [-0.2, -0.15) is 0 Å². The van der Waals surface area contributed by atoms with Gasteiger partial charge in [0.2, 0.25) is 0 Å². The van der Waals surface area contributed by atoms with Gasteiger partial charge in [0.15, 0.2) is 0 Å². The highest BCUT2D eigenvalue weighted by atomic mass is 14.8. The molecule has 19 heavy (non-hydrogen) atoms. The minimum atomic E-state index is -0.136. The van der Waals surface area contributed by atoms with Crippen LogP contribution in [0.25, 0.3) is 0 Å². The maximum Gasteiger partial charge on any atom is 0.0719 e. The molecule has 1 aliphatic carbocycles. The first-order chi connectivity index (χ1) is 8.98. The average molecular weight is 256 g/mol. The smallest absolute Gasteiger partial charge is 0.0719 e. The summed E-state index contributed by atoms with van der Waals surface area (Å²) in [4.78, 5) is 4.83. The lowest BCUT2D eigenvalue weighted by molar-refractivity contribution is 0.588. The molecule has 2 heteroatoms. The van der Waals surface area contributed by atoms with Crippen molar-refractivity contribution >= 4 is 17.1 Å². The molecule has 0 atom stereocenters. The van der Waals surface area contributed by atoms with Crippen molar-refractivity contribution in [2.45, 2.75) is 52.9 Å². The number of hydrogen-bond donors (Lipinski definition) is 1. The van der Waals surface area contributed by atoms with E-state index in [0.29, 0.717) is 5.71 Å². The first-order valence-corrected chi connectivity index (χ1v) is 7.23. The van der Waals surface area contributed by atoms with Crippen LogP contribution in [0.2, 0.25) is 0 Å². The van der Waals surface area contributed by atoms with Crippen LogP contribution in [-0.4, -0.2) is 11.4 Å². The van der Waals surface area contributed by atoms with Gasteiger partial charge in [0.25, 0.3) is 0 Å². The maximum absolute atomic E-state index is 8.37. The summed E-state index contributed by atoms with van der Waals surface area (Å²) < 4.78 is 0. The van der Waals surface area contributed by atoms with Crippen LogP contribution in [0.15, 0.2) is 29.3 Å². The lowest BCUT2D eigenvalue weighted by atomic mass is 9.85. The Morgan fingerprint density at radius 2 is 1.68 bits per heavy atom. The largest absolute Gasteiger partial charge is 0.304 e. The summed E-state index contributed by atoms with van der Waals surface area (Å²) in [5, 5.41) is 8.37. The lowest BCUT2D eigenvalue weighted by Crippen LogP contribution is -2.20. The van der Waals surface area contributed by atoms with Crippen molar-refractivity contribution in [1.29, 1.82) is 5.41 Å². The Morgan fingerprint density at radius 3 is 2.32 bits per heavy atom. The second-order valence-corrected chi connectivity index (χ2v) is 6.38. The Bertz CT molecular complexity index is 484. The number of aliphatic imine (C=N–C) groups is 1. The number of rotatable bonds is 2. The fourth-order valence-corrected chi connectivity index (χ4v) is 2.43. The minimum absolute atomic E-state index is 0.136. The van der Waals surface area contributed by atoms with Crippen LogP contribution < -0.4 is 0 Å². The molecule has 2 nitrogen and oxygen atoms in total. The van der Waals surface area contributed by atoms with Crippen LogP contribution in [0, 0.1) is 10.8 Å². The highest BCUT2D eigenvalue weighted by Crippen LogP contribution is 2.29. The molecule has 0 radical (unpaired) electrons. The van der Waals surface area contributed by atoms with Gasteiger partial charge in [-0.25, -0.2) is 0 Å². The molecule has 0 bridgehead atoms. The molecule has 0 saturated heterocycles. The second-order valence-electron chi connectivity index (χ2n) is 6.38. The van der Waals surface area contributed by atoms with Crippen molar-refractivity contribution in [2.75, 3.05) is 0 Å². The van der Waals surface area contributed by atoms with Crippen molar-refractivity contribution in [3.8, 4) is 0 Å². The molecule has 0 aliphatic heterocycles. The van der Waals surface area contributed by atoms with Crippen LogP contribution in [-0.2, 0) is 0 Å². The number of nitrogens with one attached hydrogen (secondary N) is 1. The van der Waals surface area contributed by atoms with Gasteiger partial charge < -0.3 is 5.41 Å². The Labute approximate surface area is 116 Å². The van der Waals surface area contributed by atoms with Gasteiger partial charge in [0, 0.05) is 22.4 Å². The molecular weight excluding hydrogens is 232 g/mol. The minimum Gasteiger partial charge on any atom is -0.304 e. The van der Waals surface area contributed by atoms with E-state index in [1.807, 2.05) is 24.3 Å². The van der Waals surface area contributed by atoms with Crippen LogP contribution >= 0.6 is 0 Å². The number of hydrogen-bond acceptors (Lipinski definition) is 2. The molecule has 2 rings (SSSR count). The Kier molecular flexibility index (Phi) is 4.18. The summed E-state index contributed by atoms with van der Waals surface area (Å²) >= 11 is 0. The quantitative estimate of drug-likeness (QED) is 0.711. The van der Waals surface area contributed by atoms with Crippen LogP contribution in [0.1, 0.15) is 58.4 Å². The van der Waals surface area contributed by atoms with Crippen molar-refractivity contribution in [1.82, 2.24) is 0 Å². The molecule has 1 aromatic rings. The number of para-hydroxylation sites is 1. The zero-order chi connectivity index (χ0) is 13.9. The Hall–Kier alpha value is -1.44. The third kappa shape index (κ3) is 3.52. The third-order valence-corrected chi connectivity index (χ3v) is 3.63. The summed E-state index contributed by atoms with van der Waals surface area (Å²) in [6.45, 7) is 6.25. The maximum atomic E-state index is 8.37. The summed E-state index contributed by atoms with van der Waals surface area (Å²) in [6, 6.07) is 8.08. The van der Waals surface area contributed by atoms with E-state index in [-0.39, 0.29) is 5.41 Å². The van der Waals surface area contributed by atoms with Gasteiger partial charge in [-0.3, -0.25) is 4.99 Å². The van der Waals surface area contributed by atoms with Gasteiger partial charge in [-0.1, -0.05) is 45.4 Å². The molecule has 1 N–H and O–H groups in total. The molecule has 0 unspecified atom stereocenters. The first-order valence-electron chi connectivity index (χ1n) is 7.23. The van der Waals surface area contributed by atoms with Gasteiger partial charge in [-0.15, -0.1) is 0 Å². The van der Waals surface area contributed by atoms with E-state index in [1.165, 1.54) is 25.0 Å². The molecule has 1 aromatic carbocycles. The molecule has 0 aromatic heterocycles. The van der Waals surface area contributed by atoms with Gasteiger partial charge in [0.05, 0.1) is 5.69 Å². The number of benzene rings is 1. The Balaban J connectivity index is 2.33. The van der Waals surface area contributed by atoms with Crippen molar-refractivity contribution < 1.29 is 0 Å². The van der Waals surface area contributed by atoms with Crippen molar-refractivity contribution in [2.24, 2.45) is 10.4 Å². The first kappa shape index (κ1) is 14.0. The van der Waals surface area contributed by atoms with Crippen molar-refractivity contribution in [3.05, 3.63) is 29.8 Å². The van der Waals surface area contributed by atoms with E-state index in [2.05, 4.69) is 20.8 Å². The van der Waals surface area contributed by atoms with Crippen molar-refractivity contribution in [3.63, 3.8) is 0 Å². The summed E-state index contributed by atoms with van der Waals surface area (Å²) in [6.07, 6.45) is 6.10. The highest BCUT2D eigenvalue weighted by molar-refractivity contribution is 6.06. The molecule has 1 fully saturated rings. The summed E-state index contributed by atoms with van der Waals surface area (Å²) in [7, 11) is 0. The van der Waals surface area contributed by atoms with Gasteiger partial charge in [0.1, 0.15) is 0 Å². The second kappa shape index (κ2) is 5.68. The van der Waals surface area contributed by atoms with E-state index >= 15 is 0 Å². The molecule has 0 heterocycles. The van der Waals surface area contributed by atoms with Gasteiger partial charge in [-0.05, 0) is 31.7 Å². The van der Waals surface area contributed by atoms with E-state index in [4.69, 9.17) is 10.4 Å². The molecule has 0 amide bonds. The van der Waals surface area contributed by atoms with Crippen LogP contribution in [0.5, 0.6) is 0 Å². The summed E-state index contributed by atoms with van der Waals surface area (Å²) in [5.74, 6) is 0.